The molecular weight excluding hydrogens is 355 g/mol. The van der Waals surface area contributed by atoms with E-state index in [9.17, 15) is 13.2 Å². The Balaban J connectivity index is 2.68. The second-order valence-electron chi connectivity index (χ2n) is 8.18. The van der Waals surface area contributed by atoms with Crippen molar-refractivity contribution in [1.82, 2.24) is 0 Å². The Hall–Kier alpha value is -1.62. The van der Waals surface area contributed by atoms with Crippen molar-refractivity contribution >= 4 is 23.5 Å². The van der Waals surface area contributed by atoms with Crippen molar-refractivity contribution < 1.29 is 13.2 Å². The van der Waals surface area contributed by atoms with Gasteiger partial charge >= 0.3 is 0 Å². The second kappa shape index (κ2) is 8.18. The van der Waals surface area contributed by atoms with Crippen LogP contribution in [0.15, 0.2) is 52.0 Å². The van der Waals surface area contributed by atoms with Gasteiger partial charge in [-0.25, -0.2) is 8.42 Å². The minimum Gasteiger partial charge on any atom is -0.295 e. The molecule has 0 spiro atoms. The number of carbonyl (C=O) groups excluding carboxylic acids is 1. The van der Waals surface area contributed by atoms with Crippen molar-refractivity contribution in [3.8, 4) is 0 Å². The molecule has 0 aromatic heterocycles. The third kappa shape index (κ3) is 4.63. The molecule has 2 radical (unpaired) electrons. The molecule has 1 unspecified atom stereocenters. The van der Waals surface area contributed by atoms with Crippen LogP contribution in [0.4, 0.5) is 0 Å². The van der Waals surface area contributed by atoms with Crippen LogP contribution in [0.25, 0.3) is 0 Å². The molecule has 5 heteroatoms. The summed E-state index contributed by atoms with van der Waals surface area (Å²) in [6.07, 6.45) is 3.70. The van der Waals surface area contributed by atoms with Gasteiger partial charge in [0.15, 0.2) is 15.6 Å². The summed E-state index contributed by atoms with van der Waals surface area (Å²) in [5.74, 6) is 0.0499. The van der Waals surface area contributed by atoms with Gasteiger partial charge < -0.3 is 0 Å². The lowest BCUT2D eigenvalue weighted by molar-refractivity contribution is -0.116. The molecule has 27 heavy (non-hydrogen) atoms. The lowest BCUT2D eigenvalue weighted by Gasteiger charge is -2.38. The number of rotatable bonds is 6. The zero-order valence-electron chi connectivity index (χ0n) is 17.0. The highest BCUT2D eigenvalue weighted by molar-refractivity contribution is 7.92. The van der Waals surface area contributed by atoms with Gasteiger partial charge in [-0.3, -0.25) is 4.79 Å². The van der Waals surface area contributed by atoms with E-state index >= 15 is 0 Å². The molecule has 1 aliphatic rings. The fraction of sp³-hybridized carbons (Fsp3) is 0.500. The van der Waals surface area contributed by atoms with E-state index in [1.165, 1.54) is 0 Å². The van der Waals surface area contributed by atoms with Crippen LogP contribution < -0.4 is 0 Å². The van der Waals surface area contributed by atoms with E-state index in [1.807, 2.05) is 45.9 Å². The molecule has 1 aromatic rings. The van der Waals surface area contributed by atoms with Crippen molar-refractivity contribution in [2.75, 3.05) is 0 Å². The van der Waals surface area contributed by atoms with Crippen molar-refractivity contribution in [3.63, 3.8) is 0 Å². The van der Waals surface area contributed by atoms with E-state index in [1.54, 1.807) is 19.1 Å². The molecule has 1 aliphatic carbocycles. The molecule has 0 N–H and O–H groups in total. The molecule has 1 atom stereocenters. The summed E-state index contributed by atoms with van der Waals surface area (Å²) in [5, 5.41) is -0.762. The summed E-state index contributed by atoms with van der Waals surface area (Å²) in [7, 11) is 1.98. The fourth-order valence-electron chi connectivity index (χ4n) is 3.92. The number of hydrogen-bond donors (Lipinski definition) is 0. The Kier molecular flexibility index (Phi) is 6.57. The summed E-state index contributed by atoms with van der Waals surface area (Å²) in [5.41, 5.74) is 2.95. The molecule has 1 aromatic carbocycles. The largest absolute Gasteiger partial charge is 0.295 e. The predicted octanol–water partition coefficient (Wildman–Crippen LogP) is 4.77. The number of carbonyl (C=O) groups is 1. The molecule has 0 saturated heterocycles. The Labute approximate surface area is 165 Å². The zero-order chi connectivity index (χ0) is 20.4. The van der Waals surface area contributed by atoms with Crippen LogP contribution in [-0.4, -0.2) is 27.3 Å². The van der Waals surface area contributed by atoms with Crippen molar-refractivity contribution in [3.05, 3.63) is 52.6 Å². The first-order chi connectivity index (χ1) is 12.5. The summed E-state index contributed by atoms with van der Waals surface area (Å²) >= 11 is 0. The summed E-state index contributed by atoms with van der Waals surface area (Å²) in [4.78, 5) is 12.7. The van der Waals surface area contributed by atoms with Gasteiger partial charge in [-0.2, -0.15) is 0 Å². The first-order valence-electron chi connectivity index (χ1n) is 9.41. The Bertz CT molecular complexity index is 875. The Morgan fingerprint density at radius 3 is 2.37 bits per heavy atom. The fourth-order valence-corrected chi connectivity index (χ4v) is 6.05. The Morgan fingerprint density at radius 1 is 1.22 bits per heavy atom. The van der Waals surface area contributed by atoms with E-state index in [0.29, 0.717) is 36.1 Å². The smallest absolute Gasteiger partial charge is 0.185 e. The van der Waals surface area contributed by atoms with Gasteiger partial charge in [0.05, 0.1) is 18.0 Å². The molecule has 0 saturated carbocycles. The number of aryl methyl sites for hydroxylation is 1. The number of sulfone groups is 1. The topological polar surface area (TPSA) is 51.2 Å². The van der Waals surface area contributed by atoms with Crippen molar-refractivity contribution in [2.45, 2.75) is 70.3 Å². The molecule has 3 nitrogen and oxygen atoms in total. The molecule has 0 fully saturated rings. The number of allylic oxidation sites excluding steroid dienone is 3. The van der Waals surface area contributed by atoms with E-state index in [-0.39, 0.29) is 11.2 Å². The maximum Gasteiger partial charge on any atom is 0.185 e. The first kappa shape index (κ1) is 21.7. The number of ketones is 1. The minimum atomic E-state index is -3.65. The normalized spacial score (nSPS) is 19.3. The number of benzene rings is 1. The van der Waals surface area contributed by atoms with Crippen LogP contribution in [0, 0.1) is 12.3 Å². The van der Waals surface area contributed by atoms with Gasteiger partial charge in [0, 0.05) is 6.42 Å². The van der Waals surface area contributed by atoms with E-state index < -0.39 is 15.1 Å². The van der Waals surface area contributed by atoms with Crippen LogP contribution in [0.5, 0.6) is 0 Å². The van der Waals surface area contributed by atoms with Crippen LogP contribution in [0.2, 0.25) is 6.32 Å². The van der Waals surface area contributed by atoms with Gasteiger partial charge in [-0.05, 0) is 62.3 Å². The number of hydrogen-bond acceptors (Lipinski definition) is 3. The summed E-state index contributed by atoms with van der Waals surface area (Å²) < 4.78 is 27.2. The van der Waals surface area contributed by atoms with E-state index in [2.05, 4.69) is 0 Å². The predicted molar refractivity (Wildman–Crippen MR) is 112 cm³/mol. The van der Waals surface area contributed by atoms with Gasteiger partial charge in [-0.1, -0.05) is 49.5 Å². The highest BCUT2D eigenvalue weighted by Gasteiger charge is 2.42. The molecule has 144 valence electrons. The molecular formula is C22H29BO3S. The van der Waals surface area contributed by atoms with Gasteiger partial charge in [0.25, 0.3) is 0 Å². The van der Waals surface area contributed by atoms with Gasteiger partial charge in [0.2, 0.25) is 0 Å². The van der Waals surface area contributed by atoms with Crippen molar-refractivity contribution in [2.24, 2.45) is 5.41 Å². The molecule has 0 amide bonds. The third-order valence-electron chi connectivity index (χ3n) is 5.55. The first-order valence-corrected chi connectivity index (χ1v) is 11.0. The maximum absolute atomic E-state index is 13.6. The number of Topliss-reactive ketones (excluding diaryl/α,β-unsaturated/α-hetero) is 1. The van der Waals surface area contributed by atoms with Crippen molar-refractivity contribution in [1.29, 1.82) is 0 Å². The molecule has 0 heterocycles. The quantitative estimate of drug-likeness (QED) is 0.525. The lowest BCUT2D eigenvalue weighted by Crippen LogP contribution is -2.37. The van der Waals surface area contributed by atoms with Crippen LogP contribution in [0.1, 0.15) is 52.5 Å². The molecule has 0 aliphatic heterocycles. The van der Waals surface area contributed by atoms with E-state index in [0.717, 1.165) is 16.7 Å². The standard InChI is InChI=1S/C22H29BO3S/c1-15-6-8-18(9-7-15)27(25,26)20(14-16(2)11-13-23)21-17(3)19(24)10-12-22(21,4)5/h6-9,11,20H,10,12-14H2,1-5H3/b16-11+. The van der Waals surface area contributed by atoms with Crippen LogP contribution in [-0.2, 0) is 14.6 Å². The molecule has 2 rings (SSSR count). The average molecular weight is 384 g/mol. The highest BCUT2D eigenvalue weighted by atomic mass is 32.2. The van der Waals surface area contributed by atoms with Crippen LogP contribution >= 0.6 is 0 Å². The van der Waals surface area contributed by atoms with Gasteiger partial charge in [-0.15, -0.1) is 0 Å². The van der Waals surface area contributed by atoms with E-state index in [4.69, 9.17) is 7.85 Å². The summed E-state index contributed by atoms with van der Waals surface area (Å²) in [6, 6.07) is 6.94. The SMILES string of the molecule is [B]C/C=C(\C)CC(C1=C(C)C(=O)CCC1(C)C)S(=O)(=O)c1ccc(C)cc1. The van der Waals surface area contributed by atoms with Crippen LogP contribution in [0.3, 0.4) is 0 Å². The Morgan fingerprint density at radius 2 is 1.81 bits per heavy atom. The zero-order valence-corrected chi connectivity index (χ0v) is 17.8. The monoisotopic (exact) mass is 384 g/mol. The summed E-state index contributed by atoms with van der Waals surface area (Å²) in [6.45, 7) is 9.68. The highest BCUT2D eigenvalue weighted by Crippen LogP contribution is 2.45. The average Bonchev–Trinajstić information content (AvgIpc) is 2.58. The third-order valence-corrected chi connectivity index (χ3v) is 7.63. The second-order valence-corrected chi connectivity index (χ2v) is 10.3. The maximum atomic E-state index is 13.6. The molecule has 0 bridgehead atoms. The minimum absolute atomic E-state index is 0.0499. The lowest BCUT2D eigenvalue weighted by atomic mass is 9.70. The van der Waals surface area contributed by atoms with Gasteiger partial charge in [0.1, 0.15) is 0 Å².